The number of benzene rings is 1. The Morgan fingerprint density at radius 3 is 2.65 bits per heavy atom. The van der Waals surface area contributed by atoms with Gasteiger partial charge in [-0.05, 0) is 31.1 Å². The normalized spacial score (nSPS) is 17.8. The maximum absolute atomic E-state index is 11.9. The Labute approximate surface area is 120 Å². The van der Waals surface area contributed by atoms with Crippen LogP contribution in [0.3, 0.4) is 0 Å². The Bertz CT molecular complexity index is 505. The molecule has 0 radical (unpaired) electrons. The predicted octanol–water partition coefficient (Wildman–Crippen LogP) is 3.46. The fourth-order valence-corrected chi connectivity index (χ4v) is 2.35. The third-order valence-electron chi connectivity index (χ3n) is 3.27. The molecule has 1 atom stereocenters. The van der Waals surface area contributed by atoms with Gasteiger partial charge < -0.3 is 9.64 Å². The second kappa shape index (κ2) is 6.94. The first-order valence-electron chi connectivity index (χ1n) is 7.14. The number of nitrogens with zero attached hydrogens (tertiary/aromatic N) is 1. The van der Waals surface area contributed by atoms with Gasteiger partial charge in [0.15, 0.2) is 0 Å². The van der Waals surface area contributed by atoms with Crippen LogP contribution in [-0.2, 0) is 9.53 Å². The summed E-state index contributed by atoms with van der Waals surface area (Å²) >= 11 is 0. The average Bonchev–Trinajstić information content (AvgIpc) is 2.49. The fraction of sp³-hybridized carbons (Fsp3) is 0.353. The van der Waals surface area contributed by atoms with E-state index >= 15 is 0 Å². The molecule has 0 amide bonds. The molecular formula is C17H21NO2. The van der Waals surface area contributed by atoms with Crippen LogP contribution in [0.2, 0.25) is 0 Å². The van der Waals surface area contributed by atoms with Crippen molar-refractivity contribution in [3.63, 3.8) is 0 Å². The third kappa shape index (κ3) is 3.29. The number of ether oxygens (including phenoxy) is 1. The van der Waals surface area contributed by atoms with Crippen molar-refractivity contribution in [1.29, 1.82) is 0 Å². The van der Waals surface area contributed by atoms with Crippen LogP contribution < -0.4 is 0 Å². The van der Waals surface area contributed by atoms with E-state index in [9.17, 15) is 4.79 Å². The highest BCUT2D eigenvalue weighted by molar-refractivity contribution is 5.92. The van der Waals surface area contributed by atoms with Crippen molar-refractivity contribution in [1.82, 2.24) is 4.90 Å². The molecule has 0 fully saturated rings. The lowest BCUT2D eigenvalue weighted by Gasteiger charge is -2.31. The van der Waals surface area contributed by atoms with Gasteiger partial charge in [-0.15, -0.1) is 0 Å². The number of carbonyl (C=O) groups is 1. The second-order valence-corrected chi connectivity index (χ2v) is 4.75. The van der Waals surface area contributed by atoms with E-state index in [1.165, 1.54) is 5.56 Å². The number of esters is 1. The van der Waals surface area contributed by atoms with Crippen molar-refractivity contribution in [2.75, 3.05) is 13.2 Å². The molecule has 0 aliphatic carbocycles. The average molecular weight is 271 g/mol. The van der Waals surface area contributed by atoms with Crippen LogP contribution in [0.1, 0.15) is 31.9 Å². The van der Waals surface area contributed by atoms with Gasteiger partial charge in [-0.1, -0.05) is 37.3 Å². The minimum atomic E-state index is -0.249. The Hall–Kier alpha value is -2.03. The molecule has 1 aromatic carbocycles. The molecule has 3 nitrogen and oxygen atoms in total. The molecule has 3 heteroatoms. The summed E-state index contributed by atoms with van der Waals surface area (Å²) in [6, 6.07) is 10.3. The Kier molecular flexibility index (Phi) is 4.99. The topological polar surface area (TPSA) is 29.5 Å². The van der Waals surface area contributed by atoms with Gasteiger partial charge in [0, 0.05) is 12.7 Å². The summed E-state index contributed by atoms with van der Waals surface area (Å²) in [4.78, 5) is 14.1. The molecule has 0 spiro atoms. The van der Waals surface area contributed by atoms with Crippen LogP contribution in [0, 0.1) is 0 Å². The van der Waals surface area contributed by atoms with Crippen LogP contribution in [0.15, 0.2) is 54.3 Å². The molecule has 0 N–H and O–H groups in total. The standard InChI is InChI=1S/C17H21NO2/c1-3-11-18-12-10-15(17(19)20-4-2)13-16(18)14-8-6-5-7-9-14/h5-10,12-13,16H,3-4,11H2,1-2H3. The summed E-state index contributed by atoms with van der Waals surface area (Å²) < 4.78 is 5.08. The Balaban J connectivity index is 2.27. The van der Waals surface area contributed by atoms with Crippen LogP contribution in [0.5, 0.6) is 0 Å². The summed E-state index contributed by atoms with van der Waals surface area (Å²) in [5.74, 6) is -0.249. The van der Waals surface area contributed by atoms with Crippen molar-refractivity contribution in [3.05, 3.63) is 59.8 Å². The molecule has 1 aliphatic rings. The van der Waals surface area contributed by atoms with E-state index < -0.39 is 0 Å². The Morgan fingerprint density at radius 1 is 1.25 bits per heavy atom. The van der Waals surface area contributed by atoms with Gasteiger partial charge in [0.05, 0.1) is 18.2 Å². The third-order valence-corrected chi connectivity index (χ3v) is 3.27. The molecule has 20 heavy (non-hydrogen) atoms. The summed E-state index contributed by atoms with van der Waals surface area (Å²) in [6.07, 6.45) is 6.89. The summed E-state index contributed by atoms with van der Waals surface area (Å²) in [6.45, 7) is 5.34. The highest BCUT2D eigenvalue weighted by Crippen LogP contribution is 2.28. The molecule has 1 unspecified atom stereocenters. The number of rotatable bonds is 5. The van der Waals surface area contributed by atoms with E-state index in [4.69, 9.17) is 4.74 Å². The van der Waals surface area contributed by atoms with Gasteiger partial charge in [0.2, 0.25) is 0 Å². The summed E-state index contributed by atoms with van der Waals surface area (Å²) in [5.41, 5.74) is 1.82. The molecule has 0 bridgehead atoms. The van der Waals surface area contributed by atoms with Crippen molar-refractivity contribution in [3.8, 4) is 0 Å². The fourth-order valence-electron chi connectivity index (χ4n) is 2.35. The van der Waals surface area contributed by atoms with Gasteiger partial charge in [0.25, 0.3) is 0 Å². The minimum absolute atomic E-state index is 0.0977. The van der Waals surface area contributed by atoms with Gasteiger partial charge in [0.1, 0.15) is 0 Å². The van der Waals surface area contributed by atoms with Crippen LogP contribution in [0.25, 0.3) is 0 Å². The summed E-state index contributed by atoms with van der Waals surface area (Å²) in [5, 5.41) is 0. The SMILES string of the molecule is CCCN1C=CC(C(=O)OCC)=CC1c1ccccc1. The van der Waals surface area contributed by atoms with Gasteiger partial charge in [-0.2, -0.15) is 0 Å². The Morgan fingerprint density at radius 2 is 2.00 bits per heavy atom. The smallest absolute Gasteiger partial charge is 0.337 e. The molecule has 1 heterocycles. The van der Waals surface area contributed by atoms with Crippen molar-refractivity contribution >= 4 is 5.97 Å². The molecule has 2 rings (SSSR count). The zero-order chi connectivity index (χ0) is 14.4. The van der Waals surface area contributed by atoms with Crippen molar-refractivity contribution < 1.29 is 9.53 Å². The highest BCUT2D eigenvalue weighted by atomic mass is 16.5. The molecule has 1 aromatic rings. The van der Waals surface area contributed by atoms with Crippen molar-refractivity contribution in [2.45, 2.75) is 26.3 Å². The lowest BCUT2D eigenvalue weighted by Crippen LogP contribution is -2.26. The molecule has 0 aromatic heterocycles. The van der Waals surface area contributed by atoms with Gasteiger partial charge in [-0.25, -0.2) is 4.79 Å². The summed E-state index contributed by atoms with van der Waals surface area (Å²) in [7, 11) is 0. The van der Waals surface area contributed by atoms with Crippen LogP contribution in [-0.4, -0.2) is 24.0 Å². The maximum atomic E-state index is 11.9. The van der Waals surface area contributed by atoms with E-state index in [1.54, 1.807) is 0 Å². The quantitative estimate of drug-likeness (QED) is 0.768. The molecule has 0 saturated heterocycles. The van der Waals surface area contributed by atoms with Crippen molar-refractivity contribution in [2.24, 2.45) is 0 Å². The van der Waals surface area contributed by atoms with Crippen LogP contribution in [0.4, 0.5) is 0 Å². The number of hydrogen-bond acceptors (Lipinski definition) is 3. The predicted molar refractivity (Wildman–Crippen MR) is 80.0 cm³/mol. The van der Waals surface area contributed by atoms with E-state index in [1.807, 2.05) is 43.5 Å². The first-order chi connectivity index (χ1) is 9.76. The van der Waals surface area contributed by atoms with E-state index in [-0.39, 0.29) is 12.0 Å². The van der Waals surface area contributed by atoms with Gasteiger partial charge >= 0.3 is 5.97 Å². The lowest BCUT2D eigenvalue weighted by molar-refractivity contribution is -0.138. The first-order valence-corrected chi connectivity index (χ1v) is 7.14. The minimum Gasteiger partial charge on any atom is -0.462 e. The van der Waals surface area contributed by atoms with E-state index in [0.29, 0.717) is 12.2 Å². The lowest BCUT2D eigenvalue weighted by atomic mass is 9.99. The molecule has 106 valence electrons. The number of hydrogen-bond donors (Lipinski definition) is 0. The monoisotopic (exact) mass is 271 g/mol. The molecule has 1 aliphatic heterocycles. The van der Waals surface area contributed by atoms with Crippen LogP contribution >= 0.6 is 0 Å². The molecule has 0 saturated carbocycles. The first kappa shape index (κ1) is 14.4. The zero-order valence-electron chi connectivity index (χ0n) is 12.1. The number of carbonyl (C=O) groups excluding carboxylic acids is 1. The largest absolute Gasteiger partial charge is 0.462 e. The van der Waals surface area contributed by atoms with E-state index in [0.717, 1.165) is 13.0 Å². The molecular weight excluding hydrogens is 250 g/mol. The van der Waals surface area contributed by atoms with Gasteiger partial charge in [-0.3, -0.25) is 0 Å². The van der Waals surface area contributed by atoms with E-state index in [2.05, 4.69) is 24.0 Å². The maximum Gasteiger partial charge on any atom is 0.337 e. The second-order valence-electron chi connectivity index (χ2n) is 4.75. The highest BCUT2D eigenvalue weighted by Gasteiger charge is 2.21. The zero-order valence-corrected chi connectivity index (χ0v) is 12.1.